The summed E-state index contributed by atoms with van der Waals surface area (Å²) in [6, 6.07) is 9.94. The van der Waals surface area contributed by atoms with Crippen molar-refractivity contribution in [2.24, 2.45) is 5.92 Å². The summed E-state index contributed by atoms with van der Waals surface area (Å²) >= 11 is 0. The van der Waals surface area contributed by atoms with Crippen LogP contribution in [0.25, 0.3) is 0 Å². The zero-order valence-electron chi connectivity index (χ0n) is 8.26. The lowest BCUT2D eigenvalue weighted by molar-refractivity contribution is 0.209. The van der Waals surface area contributed by atoms with E-state index in [1.54, 1.807) is 0 Å². The maximum Gasteiger partial charge on any atom is 0.123 e. The minimum Gasteiger partial charge on any atom is -0.486 e. The number of para-hydroxylation sites is 1. The largest absolute Gasteiger partial charge is 0.486 e. The second-order valence-electron chi connectivity index (χ2n) is 3.52. The fourth-order valence-corrected chi connectivity index (χ4v) is 1.50. The van der Waals surface area contributed by atoms with Crippen molar-refractivity contribution in [1.29, 1.82) is 0 Å². The van der Waals surface area contributed by atoms with Gasteiger partial charge in [0.05, 0.1) is 0 Å². The molecule has 1 aliphatic carbocycles. The molecule has 0 saturated carbocycles. The Morgan fingerprint density at radius 2 is 1.71 bits per heavy atom. The first-order chi connectivity index (χ1) is 6.86. The molecule has 14 heavy (non-hydrogen) atoms. The Morgan fingerprint density at radius 1 is 1.00 bits per heavy atom. The number of hydrogen-bond acceptors (Lipinski definition) is 1. The Balaban J connectivity index is 2.05. The summed E-state index contributed by atoms with van der Waals surface area (Å²) < 4.78 is 5.83. The lowest BCUT2D eigenvalue weighted by atomic mass is 10.00. The second-order valence-corrected chi connectivity index (χ2v) is 3.52. The van der Waals surface area contributed by atoms with E-state index in [9.17, 15) is 0 Å². The number of hydrogen-bond donors (Lipinski definition) is 0. The summed E-state index contributed by atoms with van der Waals surface area (Å²) in [7, 11) is 0. The Hall–Kier alpha value is -1.50. The summed E-state index contributed by atoms with van der Waals surface area (Å²) in [5.41, 5.74) is 0. The van der Waals surface area contributed by atoms with Gasteiger partial charge in [-0.2, -0.15) is 0 Å². The van der Waals surface area contributed by atoms with E-state index in [0.29, 0.717) is 5.92 Å². The minimum absolute atomic E-state index is 0.169. The van der Waals surface area contributed by atoms with E-state index < -0.39 is 0 Å². The Morgan fingerprint density at radius 3 is 2.43 bits per heavy atom. The Bertz CT molecular complexity index is 338. The third-order valence-electron chi connectivity index (χ3n) is 2.36. The molecule has 1 aliphatic rings. The molecule has 0 N–H and O–H groups in total. The third kappa shape index (κ3) is 2.05. The van der Waals surface area contributed by atoms with Gasteiger partial charge in [-0.05, 0) is 18.2 Å². The van der Waals surface area contributed by atoms with Crippen molar-refractivity contribution < 1.29 is 4.74 Å². The van der Waals surface area contributed by atoms with Crippen molar-refractivity contribution in [2.45, 2.75) is 13.0 Å². The van der Waals surface area contributed by atoms with Crippen molar-refractivity contribution in [3.63, 3.8) is 0 Å². The Kier molecular flexibility index (Phi) is 2.68. The normalized spacial score (nSPS) is 24.9. The van der Waals surface area contributed by atoms with Gasteiger partial charge >= 0.3 is 0 Å². The molecule has 0 aromatic heterocycles. The monoisotopic (exact) mass is 186 g/mol. The van der Waals surface area contributed by atoms with Crippen LogP contribution in [0.3, 0.4) is 0 Å². The van der Waals surface area contributed by atoms with Crippen LogP contribution in [0.5, 0.6) is 5.75 Å². The summed E-state index contributed by atoms with van der Waals surface area (Å²) in [6.07, 6.45) is 8.52. The van der Waals surface area contributed by atoms with Crippen LogP contribution in [-0.2, 0) is 0 Å². The summed E-state index contributed by atoms with van der Waals surface area (Å²) in [5, 5.41) is 0. The molecular formula is C13H14O. The van der Waals surface area contributed by atoms with Crippen molar-refractivity contribution in [3.8, 4) is 5.75 Å². The molecular weight excluding hydrogens is 172 g/mol. The molecule has 72 valence electrons. The maximum absolute atomic E-state index is 5.83. The van der Waals surface area contributed by atoms with Gasteiger partial charge in [-0.3, -0.25) is 0 Å². The zero-order chi connectivity index (χ0) is 9.80. The van der Waals surface area contributed by atoms with E-state index in [0.717, 1.165) is 5.75 Å². The van der Waals surface area contributed by atoms with Gasteiger partial charge in [0.15, 0.2) is 0 Å². The number of rotatable bonds is 2. The highest BCUT2D eigenvalue weighted by molar-refractivity contribution is 5.24. The lowest BCUT2D eigenvalue weighted by Crippen LogP contribution is -2.22. The molecule has 1 heteroatoms. The molecule has 2 atom stereocenters. The molecule has 0 amide bonds. The van der Waals surface area contributed by atoms with E-state index in [-0.39, 0.29) is 6.10 Å². The molecule has 0 saturated heterocycles. The third-order valence-corrected chi connectivity index (χ3v) is 2.36. The molecule has 0 radical (unpaired) electrons. The summed E-state index contributed by atoms with van der Waals surface area (Å²) in [4.78, 5) is 0. The minimum atomic E-state index is 0.169. The zero-order valence-corrected chi connectivity index (χ0v) is 8.26. The molecule has 0 fully saturated rings. The van der Waals surface area contributed by atoms with Gasteiger partial charge in [0.1, 0.15) is 11.9 Å². The molecule has 0 spiro atoms. The van der Waals surface area contributed by atoms with E-state index in [2.05, 4.69) is 25.2 Å². The van der Waals surface area contributed by atoms with Crippen molar-refractivity contribution in [3.05, 3.63) is 54.6 Å². The topological polar surface area (TPSA) is 9.23 Å². The fraction of sp³-hybridized carbons (Fsp3) is 0.231. The molecule has 1 aromatic rings. The predicted octanol–water partition coefficient (Wildman–Crippen LogP) is 3.20. The van der Waals surface area contributed by atoms with E-state index in [1.807, 2.05) is 36.4 Å². The average Bonchev–Trinajstić information content (AvgIpc) is 2.23. The van der Waals surface area contributed by atoms with Crippen LogP contribution in [-0.4, -0.2) is 6.10 Å². The van der Waals surface area contributed by atoms with Gasteiger partial charge < -0.3 is 4.74 Å². The number of ether oxygens (including phenoxy) is 1. The molecule has 0 bridgehead atoms. The lowest BCUT2D eigenvalue weighted by Gasteiger charge is -2.21. The molecule has 2 unspecified atom stereocenters. The molecule has 2 rings (SSSR count). The van der Waals surface area contributed by atoms with Gasteiger partial charge in [-0.15, -0.1) is 0 Å². The second kappa shape index (κ2) is 4.14. The van der Waals surface area contributed by atoms with Gasteiger partial charge in [0.2, 0.25) is 0 Å². The van der Waals surface area contributed by atoms with Crippen molar-refractivity contribution >= 4 is 0 Å². The number of benzene rings is 1. The maximum atomic E-state index is 5.83. The average molecular weight is 186 g/mol. The van der Waals surface area contributed by atoms with Crippen LogP contribution in [0.2, 0.25) is 0 Å². The van der Waals surface area contributed by atoms with Crippen molar-refractivity contribution in [1.82, 2.24) is 0 Å². The molecule has 0 aliphatic heterocycles. The van der Waals surface area contributed by atoms with Gasteiger partial charge in [-0.1, -0.05) is 43.4 Å². The van der Waals surface area contributed by atoms with Crippen LogP contribution in [0, 0.1) is 5.92 Å². The van der Waals surface area contributed by atoms with Gasteiger partial charge in [0, 0.05) is 5.92 Å². The first-order valence-electron chi connectivity index (χ1n) is 4.93. The molecule has 1 nitrogen and oxygen atoms in total. The van der Waals surface area contributed by atoms with Crippen LogP contribution >= 0.6 is 0 Å². The van der Waals surface area contributed by atoms with E-state index >= 15 is 0 Å². The SMILES string of the molecule is CC1C=CC=CC1Oc1ccccc1. The molecule has 1 aromatic carbocycles. The molecule has 0 heterocycles. The van der Waals surface area contributed by atoms with Crippen LogP contribution in [0.1, 0.15) is 6.92 Å². The first-order valence-corrected chi connectivity index (χ1v) is 4.93. The van der Waals surface area contributed by atoms with Crippen LogP contribution < -0.4 is 4.74 Å². The number of allylic oxidation sites excluding steroid dienone is 2. The summed E-state index contributed by atoms with van der Waals surface area (Å²) in [5.74, 6) is 1.38. The highest BCUT2D eigenvalue weighted by Crippen LogP contribution is 2.19. The standard InChI is InChI=1S/C13H14O/c1-11-7-5-6-10-13(11)14-12-8-3-2-4-9-12/h2-11,13H,1H3. The van der Waals surface area contributed by atoms with Crippen LogP contribution in [0.15, 0.2) is 54.6 Å². The fourth-order valence-electron chi connectivity index (χ4n) is 1.50. The highest BCUT2D eigenvalue weighted by Gasteiger charge is 2.14. The first kappa shape index (κ1) is 9.07. The van der Waals surface area contributed by atoms with Crippen LogP contribution in [0.4, 0.5) is 0 Å². The van der Waals surface area contributed by atoms with Gasteiger partial charge in [-0.25, -0.2) is 0 Å². The smallest absolute Gasteiger partial charge is 0.123 e. The van der Waals surface area contributed by atoms with Crippen molar-refractivity contribution in [2.75, 3.05) is 0 Å². The summed E-state index contributed by atoms with van der Waals surface area (Å²) in [6.45, 7) is 2.16. The van der Waals surface area contributed by atoms with E-state index in [1.165, 1.54) is 0 Å². The van der Waals surface area contributed by atoms with E-state index in [4.69, 9.17) is 4.74 Å². The quantitative estimate of drug-likeness (QED) is 0.689. The Labute approximate surface area is 84.7 Å². The highest BCUT2D eigenvalue weighted by atomic mass is 16.5. The predicted molar refractivity (Wildman–Crippen MR) is 58.3 cm³/mol. The van der Waals surface area contributed by atoms with Gasteiger partial charge in [0.25, 0.3) is 0 Å².